The molecule has 0 amide bonds. The SMILES string of the molecule is CC(C)=CN=C(C)Nc1nccn2c(-c3cnn(C)c3)cnc12. The fraction of sp³-hybridized carbons (Fsp3) is 0.250. The van der Waals surface area contributed by atoms with Crippen molar-refractivity contribution in [1.29, 1.82) is 0 Å². The van der Waals surface area contributed by atoms with Crippen molar-refractivity contribution in [3.63, 3.8) is 0 Å². The Morgan fingerprint density at radius 1 is 1.22 bits per heavy atom. The number of amidine groups is 1. The Hall–Kier alpha value is -2.96. The van der Waals surface area contributed by atoms with Gasteiger partial charge in [-0.15, -0.1) is 0 Å². The first-order valence-electron chi connectivity index (χ1n) is 7.30. The predicted molar refractivity (Wildman–Crippen MR) is 91.4 cm³/mol. The monoisotopic (exact) mass is 309 g/mol. The van der Waals surface area contributed by atoms with Crippen molar-refractivity contribution in [3.05, 3.63) is 42.8 Å². The van der Waals surface area contributed by atoms with E-state index in [0.717, 1.165) is 28.3 Å². The molecule has 7 nitrogen and oxygen atoms in total. The Balaban J connectivity index is 1.99. The van der Waals surface area contributed by atoms with Crippen LogP contribution in [0.1, 0.15) is 20.8 Å². The third-order valence-corrected chi connectivity index (χ3v) is 3.24. The average molecular weight is 309 g/mol. The number of nitrogens with zero attached hydrogens (tertiary/aromatic N) is 6. The van der Waals surface area contributed by atoms with E-state index in [9.17, 15) is 0 Å². The molecule has 3 heterocycles. The van der Waals surface area contributed by atoms with Gasteiger partial charge >= 0.3 is 0 Å². The smallest absolute Gasteiger partial charge is 0.180 e. The van der Waals surface area contributed by atoms with E-state index in [1.165, 1.54) is 0 Å². The summed E-state index contributed by atoms with van der Waals surface area (Å²) in [6.45, 7) is 5.91. The van der Waals surface area contributed by atoms with Gasteiger partial charge in [0.25, 0.3) is 0 Å². The number of rotatable bonds is 3. The maximum atomic E-state index is 4.48. The summed E-state index contributed by atoms with van der Waals surface area (Å²) in [5.41, 5.74) is 3.86. The van der Waals surface area contributed by atoms with Gasteiger partial charge in [0.05, 0.1) is 18.1 Å². The summed E-state index contributed by atoms with van der Waals surface area (Å²) < 4.78 is 3.76. The van der Waals surface area contributed by atoms with Crippen LogP contribution in [-0.4, -0.2) is 30.0 Å². The molecule has 0 aliphatic rings. The molecule has 0 aromatic carbocycles. The van der Waals surface area contributed by atoms with Crippen molar-refractivity contribution in [2.24, 2.45) is 12.0 Å². The standard InChI is InChI=1S/C16H19N7/c1-11(2)7-18-12(3)21-15-16-19-9-14(23(16)6-5-17-15)13-8-20-22(4)10-13/h5-10H,1-4H3,(H,17,18,21). The molecule has 3 rings (SSSR count). The highest BCUT2D eigenvalue weighted by Gasteiger charge is 2.11. The lowest BCUT2D eigenvalue weighted by molar-refractivity contribution is 0.768. The highest BCUT2D eigenvalue weighted by atomic mass is 15.2. The number of imidazole rings is 1. The van der Waals surface area contributed by atoms with Gasteiger partial charge in [-0.05, 0) is 20.8 Å². The maximum Gasteiger partial charge on any atom is 0.180 e. The molecule has 0 saturated carbocycles. The number of hydrogen-bond donors (Lipinski definition) is 1. The van der Waals surface area contributed by atoms with Crippen molar-refractivity contribution in [2.45, 2.75) is 20.8 Å². The minimum Gasteiger partial charge on any atom is -0.326 e. The maximum absolute atomic E-state index is 4.48. The number of anilines is 1. The first kappa shape index (κ1) is 15.0. The van der Waals surface area contributed by atoms with Gasteiger partial charge in [-0.1, -0.05) is 5.57 Å². The summed E-state index contributed by atoms with van der Waals surface area (Å²) in [4.78, 5) is 13.2. The van der Waals surface area contributed by atoms with Crippen LogP contribution in [0.25, 0.3) is 16.9 Å². The number of aromatic nitrogens is 5. The lowest BCUT2D eigenvalue weighted by Crippen LogP contribution is -2.09. The highest BCUT2D eigenvalue weighted by Crippen LogP contribution is 2.22. The van der Waals surface area contributed by atoms with Crippen LogP contribution in [0.4, 0.5) is 5.82 Å². The molecule has 0 bridgehead atoms. The van der Waals surface area contributed by atoms with Gasteiger partial charge in [-0.25, -0.2) is 15.0 Å². The largest absolute Gasteiger partial charge is 0.326 e. The fourth-order valence-corrected chi connectivity index (χ4v) is 2.20. The second-order valence-corrected chi connectivity index (χ2v) is 5.56. The van der Waals surface area contributed by atoms with E-state index in [2.05, 4.69) is 25.4 Å². The summed E-state index contributed by atoms with van der Waals surface area (Å²) in [6.07, 6.45) is 11.0. The molecule has 0 fully saturated rings. The lowest BCUT2D eigenvalue weighted by Gasteiger charge is -2.06. The van der Waals surface area contributed by atoms with E-state index < -0.39 is 0 Å². The Morgan fingerprint density at radius 3 is 2.74 bits per heavy atom. The number of hydrogen-bond acceptors (Lipinski definition) is 4. The van der Waals surface area contributed by atoms with Crippen molar-refractivity contribution < 1.29 is 0 Å². The zero-order valence-electron chi connectivity index (χ0n) is 13.6. The summed E-state index contributed by atoms with van der Waals surface area (Å²) in [7, 11) is 1.89. The molecule has 3 aromatic heterocycles. The van der Waals surface area contributed by atoms with Gasteiger partial charge in [0.15, 0.2) is 11.5 Å². The molecule has 0 radical (unpaired) electrons. The van der Waals surface area contributed by atoms with Crippen molar-refractivity contribution >= 4 is 17.3 Å². The van der Waals surface area contributed by atoms with Crippen LogP contribution in [0, 0.1) is 0 Å². The molecule has 1 N–H and O–H groups in total. The third kappa shape index (κ3) is 3.13. The van der Waals surface area contributed by atoms with Crippen LogP contribution in [0.5, 0.6) is 0 Å². The zero-order valence-corrected chi connectivity index (χ0v) is 13.6. The van der Waals surface area contributed by atoms with Gasteiger partial charge in [-0.3, -0.25) is 9.08 Å². The molecule has 0 unspecified atom stereocenters. The van der Waals surface area contributed by atoms with E-state index in [-0.39, 0.29) is 0 Å². The average Bonchev–Trinajstić information content (AvgIpc) is 3.11. The molecule has 0 aliphatic heterocycles. The Labute approximate surface area is 134 Å². The van der Waals surface area contributed by atoms with Gasteiger partial charge in [0, 0.05) is 37.4 Å². The second-order valence-electron chi connectivity index (χ2n) is 5.56. The van der Waals surface area contributed by atoms with Crippen LogP contribution in [0.15, 0.2) is 47.7 Å². The lowest BCUT2D eigenvalue weighted by atomic mass is 10.3. The van der Waals surface area contributed by atoms with Crippen molar-refractivity contribution in [1.82, 2.24) is 24.1 Å². The topological polar surface area (TPSA) is 72.4 Å². The molecule has 118 valence electrons. The van der Waals surface area contributed by atoms with E-state index in [1.807, 2.05) is 63.2 Å². The molecule has 0 spiro atoms. The van der Waals surface area contributed by atoms with Gasteiger partial charge in [0.1, 0.15) is 5.84 Å². The first-order valence-corrected chi connectivity index (χ1v) is 7.30. The Morgan fingerprint density at radius 2 is 2.04 bits per heavy atom. The van der Waals surface area contributed by atoms with Gasteiger partial charge < -0.3 is 5.32 Å². The van der Waals surface area contributed by atoms with E-state index in [0.29, 0.717) is 5.82 Å². The van der Waals surface area contributed by atoms with Gasteiger partial charge in [-0.2, -0.15) is 5.10 Å². The van der Waals surface area contributed by atoms with E-state index in [4.69, 9.17) is 0 Å². The summed E-state index contributed by atoms with van der Waals surface area (Å²) >= 11 is 0. The van der Waals surface area contributed by atoms with Crippen LogP contribution in [0.3, 0.4) is 0 Å². The molecular weight excluding hydrogens is 290 g/mol. The van der Waals surface area contributed by atoms with Crippen LogP contribution >= 0.6 is 0 Å². The van der Waals surface area contributed by atoms with Crippen LogP contribution in [0.2, 0.25) is 0 Å². The normalized spacial score (nSPS) is 11.7. The number of fused-ring (bicyclic) bond motifs is 1. The molecule has 23 heavy (non-hydrogen) atoms. The van der Waals surface area contributed by atoms with E-state index >= 15 is 0 Å². The van der Waals surface area contributed by atoms with Crippen molar-refractivity contribution in [2.75, 3.05) is 5.32 Å². The minimum atomic E-state index is 0.672. The van der Waals surface area contributed by atoms with E-state index in [1.54, 1.807) is 10.9 Å². The minimum absolute atomic E-state index is 0.672. The number of aryl methyl sites for hydroxylation is 1. The second kappa shape index (κ2) is 6.04. The number of allylic oxidation sites excluding steroid dienone is 1. The summed E-state index contributed by atoms with van der Waals surface area (Å²) in [5, 5.41) is 7.41. The van der Waals surface area contributed by atoms with Gasteiger partial charge in [0.2, 0.25) is 0 Å². The zero-order chi connectivity index (χ0) is 16.4. The highest BCUT2D eigenvalue weighted by molar-refractivity contribution is 5.95. The molecule has 0 saturated heterocycles. The number of nitrogens with one attached hydrogen (secondary N) is 1. The first-order chi connectivity index (χ1) is 11.0. The third-order valence-electron chi connectivity index (χ3n) is 3.24. The molecule has 3 aromatic rings. The van der Waals surface area contributed by atoms with Crippen LogP contribution < -0.4 is 5.32 Å². The quantitative estimate of drug-likeness (QED) is 0.596. The van der Waals surface area contributed by atoms with Crippen molar-refractivity contribution in [3.8, 4) is 11.3 Å². The molecule has 0 aliphatic carbocycles. The summed E-state index contributed by atoms with van der Waals surface area (Å²) in [5.74, 6) is 1.43. The molecule has 7 heteroatoms. The molecular formula is C16H19N7. The predicted octanol–water partition coefficient (Wildman–Crippen LogP) is 2.88. The fourth-order valence-electron chi connectivity index (χ4n) is 2.20. The Kier molecular flexibility index (Phi) is 3.92. The summed E-state index contributed by atoms with van der Waals surface area (Å²) in [6, 6.07) is 0. The Bertz CT molecular complexity index is 894. The molecule has 0 atom stereocenters. The van der Waals surface area contributed by atoms with Crippen LogP contribution in [-0.2, 0) is 7.05 Å². The number of aliphatic imine (C=N–C) groups is 1.